The number of aromatic hydroxyl groups is 1. The highest BCUT2D eigenvalue weighted by Gasteiger charge is 2.11. The molecule has 12 heavy (non-hydrogen) atoms. The number of alkyl halides is 1. The topological polar surface area (TPSA) is 40.5 Å². The fourth-order valence-electron chi connectivity index (χ4n) is 0.868. The van der Waals surface area contributed by atoms with Gasteiger partial charge in [0.25, 0.3) is 0 Å². The van der Waals surface area contributed by atoms with Crippen molar-refractivity contribution in [3.63, 3.8) is 0 Å². The number of aliphatic hydroxyl groups excluding tert-OH is 1. The smallest absolute Gasteiger partial charge is 0.150 e. The molecule has 2 N–H and O–H groups in total. The van der Waals surface area contributed by atoms with Crippen molar-refractivity contribution in [2.75, 3.05) is 6.61 Å². The molecule has 1 aromatic carbocycles. The molecule has 0 fully saturated rings. The molecular formula is C8H8ClFO2. The fourth-order valence-corrected chi connectivity index (χ4v) is 1.16. The summed E-state index contributed by atoms with van der Waals surface area (Å²) < 4.78 is 12.8. The van der Waals surface area contributed by atoms with Gasteiger partial charge >= 0.3 is 0 Å². The van der Waals surface area contributed by atoms with Crippen molar-refractivity contribution in [1.82, 2.24) is 0 Å². The van der Waals surface area contributed by atoms with Crippen LogP contribution in [0.3, 0.4) is 0 Å². The quantitative estimate of drug-likeness (QED) is 0.750. The van der Waals surface area contributed by atoms with E-state index in [-0.39, 0.29) is 16.3 Å². The Bertz CT molecular complexity index is 278. The number of aliphatic hydroxyl groups is 1. The van der Waals surface area contributed by atoms with Gasteiger partial charge in [0.1, 0.15) is 11.9 Å². The third kappa shape index (κ3) is 1.87. The molecule has 0 saturated heterocycles. The number of phenolic OH excluding ortho intramolecular Hbond substituents is 1. The van der Waals surface area contributed by atoms with Crippen LogP contribution in [0.2, 0.25) is 5.02 Å². The number of rotatable bonds is 2. The molecule has 2 nitrogen and oxygen atoms in total. The van der Waals surface area contributed by atoms with Gasteiger partial charge in [0, 0.05) is 5.56 Å². The number of hydrogen-bond acceptors (Lipinski definition) is 2. The second-order valence-corrected chi connectivity index (χ2v) is 2.76. The average molecular weight is 191 g/mol. The minimum absolute atomic E-state index is 0.0195. The molecule has 0 aromatic heterocycles. The standard InChI is InChI=1S/C8H8ClFO2/c9-7-3-5(12)1-2-6(7)8(10)4-11/h1-3,8,11-12H,4H2. The van der Waals surface area contributed by atoms with E-state index in [9.17, 15) is 4.39 Å². The van der Waals surface area contributed by atoms with Crippen LogP contribution in [-0.4, -0.2) is 16.8 Å². The van der Waals surface area contributed by atoms with Gasteiger partial charge < -0.3 is 10.2 Å². The Balaban J connectivity index is 3.01. The molecule has 0 bridgehead atoms. The Kier molecular flexibility index (Phi) is 2.89. The highest BCUT2D eigenvalue weighted by Crippen LogP contribution is 2.28. The molecule has 0 aliphatic heterocycles. The first kappa shape index (κ1) is 9.29. The Hall–Kier alpha value is -0.800. The molecule has 0 heterocycles. The molecule has 0 aliphatic rings. The van der Waals surface area contributed by atoms with E-state index in [0.717, 1.165) is 0 Å². The van der Waals surface area contributed by atoms with Crippen LogP contribution in [0.4, 0.5) is 4.39 Å². The van der Waals surface area contributed by atoms with Crippen molar-refractivity contribution < 1.29 is 14.6 Å². The summed E-state index contributed by atoms with van der Waals surface area (Å²) in [6.07, 6.45) is -1.49. The lowest BCUT2D eigenvalue weighted by Crippen LogP contribution is -1.97. The van der Waals surface area contributed by atoms with Gasteiger partial charge in [-0.25, -0.2) is 4.39 Å². The number of phenols is 1. The molecule has 1 unspecified atom stereocenters. The normalized spacial score (nSPS) is 12.9. The molecule has 1 aromatic rings. The predicted molar refractivity (Wildman–Crippen MR) is 44.1 cm³/mol. The van der Waals surface area contributed by atoms with Gasteiger partial charge in [0.15, 0.2) is 0 Å². The second-order valence-electron chi connectivity index (χ2n) is 2.36. The van der Waals surface area contributed by atoms with Gasteiger partial charge in [0.05, 0.1) is 11.6 Å². The maximum Gasteiger partial charge on any atom is 0.150 e. The van der Waals surface area contributed by atoms with Crippen LogP contribution in [0.25, 0.3) is 0 Å². The first-order valence-electron chi connectivity index (χ1n) is 3.38. The summed E-state index contributed by atoms with van der Waals surface area (Å²) in [5.41, 5.74) is 0.192. The van der Waals surface area contributed by atoms with Gasteiger partial charge in [-0.05, 0) is 12.1 Å². The fraction of sp³-hybridized carbons (Fsp3) is 0.250. The summed E-state index contributed by atoms with van der Waals surface area (Å²) in [5.74, 6) is -0.0195. The number of benzene rings is 1. The van der Waals surface area contributed by atoms with Crippen LogP contribution in [0.1, 0.15) is 11.7 Å². The molecule has 0 saturated carbocycles. The molecule has 0 spiro atoms. The Morgan fingerprint density at radius 1 is 1.50 bits per heavy atom. The molecule has 1 atom stereocenters. The van der Waals surface area contributed by atoms with Crippen molar-refractivity contribution in [1.29, 1.82) is 0 Å². The van der Waals surface area contributed by atoms with E-state index in [1.807, 2.05) is 0 Å². The Morgan fingerprint density at radius 2 is 2.17 bits per heavy atom. The Labute approximate surface area is 74.2 Å². The lowest BCUT2D eigenvalue weighted by molar-refractivity contribution is 0.180. The van der Waals surface area contributed by atoms with Crippen molar-refractivity contribution in [2.45, 2.75) is 6.17 Å². The van der Waals surface area contributed by atoms with Gasteiger partial charge in [-0.2, -0.15) is 0 Å². The van der Waals surface area contributed by atoms with Crippen LogP contribution in [0.15, 0.2) is 18.2 Å². The summed E-state index contributed by atoms with van der Waals surface area (Å²) in [4.78, 5) is 0. The zero-order chi connectivity index (χ0) is 9.14. The molecule has 66 valence electrons. The van der Waals surface area contributed by atoms with E-state index >= 15 is 0 Å². The monoisotopic (exact) mass is 190 g/mol. The van der Waals surface area contributed by atoms with Crippen LogP contribution in [0.5, 0.6) is 5.75 Å². The third-order valence-corrected chi connectivity index (χ3v) is 1.81. The largest absolute Gasteiger partial charge is 0.508 e. The van der Waals surface area contributed by atoms with E-state index in [1.54, 1.807) is 0 Å². The van der Waals surface area contributed by atoms with Crippen LogP contribution < -0.4 is 0 Å². The van der Waals surface area contributed by atoms with Gasteiger partial charge in [-0.15, -0.1) is 0 Å². The lowest BCUT2D eigenvalue weighted by Gasteiger charge is -2.06. The average Bonchev–Trinajstić information content (AvgIpc) is 2.03. The summed E-state index contributed by atoms with van der Waals surface area (Å²) in [6, 6.07) is 3.90. The maximum atomic E-state index is 12.8. The number of hydrogen-bond donors (Lipinski definition) is 2. The predicted octanol–water partition coefficient (Wildman–Crippen LogP) is 2.05. The van der Waals surface area contributed by atoms with Crippen LogP contribution in [0, 0.1) is 0 Å². The molecule has 4 heteroatoms. The molecule has 0 amide bonds. The lowest BCUT2D eigenvalue weighted by atomic mass is 10.1. The van der Waals surface area contributed by atoms with Gasteiger partial charge in [-0.3, -0.25) is 0 Å². The maximum absolute atomic E-state index is 12.8. The van der Waals surface area contributed by atoms with E-state index in [0.29, 0.717) is 0 Å². The summed E-state index contributed by atoms with van der Waals surface area (Å²) >= 11 is 5.59. The van der Waals surface area contributed by atoms with Gasteiger partial charge in [-0.1, -0.05) is 17.7 Å². The van der Waals surface area contributed by atoms with E-state index < -0.39 is 12.8 Å². The summed E-state index contributed by atoms with van der Waals surface area (Å²) in [7, 11) is 0. The molecule has 0 aliphatic carbocycles. The molecule has 0 radical (unpaired) electrons. The second kappa shape index (κ2) is 3.74. The van der Waals surface area contributed by atoms with Crippen molar-refractivity contribution in [3.8, 4) is 5.75 Å². The molecule has 1 rings (SSSR count). The Morgan fingerprint density at radius 3 is 2.67 bits per heavy atom. The minimum atomic E-state index is -1.49. The highest BCUT2D eigenvalue weighted by atomic mass is 35.5. The minimum Gasteiger partial charge on any atom is -0.508 e. The SMILES string of the molecule is OCC(F)c1ccc(O)cc1Cl. The highest BCUT2D eigenvalue weighted by molar-refractivity contribution is 6.31. The first-order valence-corrected chi connectivity index (χ1v) is 3.76. The third-order valence-electron chi connectivity index (χ3n) is 1.48. The van der Waals surface area contributed by atoms with Crippen molar-refractivity contribution in [2.24, 2.45) is 0 Å². The van der Waals surface area contributed by atoms with E-state index in [1.165, 1.54) is 18.2 Å². The van der Waals surface area contributed by atoms with Crippen molar-refractivity contribution >= 4 is 11.6 Å². The first-order chi connectivity index (χ1) is 5.65. The summed E-state index contributed by atoms with van der Waals surface area (Å²) in [6.45, 7) is -0.607. The number of halogens is 2. The summed E-state index contributed by atoms with van der Waals surface area (Å²) in [5, 5.41) is 17.5. The van der Waals surface area contributed by atoms with Crippen LogP contribution in [-0.2, 0) is 0 Å². The van der Waals surface area contributed by atoms with E-state index in [4.69, 9.17) is 21.8 Å². The van der Waals surface area contributed by atoms with Gasteiger partial charge in [0.2, 0.25) is 0 Å². The van der Waals surface area contributed by atoms with E-state index in [2.05, 4.69) is 0 Å². The zero-order valence-electron chi connectivity index (χ0n) is 6.17. The molecular weight excluding hydrogens is 183 g/mol. The van der Waals surface area contributed by atoms with Crippen LogP contribution >= 0.6 is 11.6 Å². The van der Waals surface area contributed by atoms with Crippen molar-refractivity contribution in [3.05, 3.63) is 28.8 Å². The zero-order valence-corrected chi connectivity index (χ0v) is 6.92.